The van der Waals surface area contributed by atoms with Crippen molar-refractivity contribution in [3.63, 3.8) is 0 Å². The van der Waals surface area contributed by atoms with Gasteiger partial charge in [0, 0.05) is 25.3 Å². The van der Waals surface area contributed by atoms with Crippen LogP contribution in [0, 0.1) is 0 Å². The van der Waals surface area contributed by atoms with Gasteiger partial charge >= 0.3 is 0 Å². The van der Waals surface area contributed by atoms with Crippen molar-refractivity contribution >= 4 is 0 Å². The maximum Gasteiger partial charge on any atom is 0.0544 e. The van der Waals surface area contributed by atoms with Crippen LogP contribution in [0.2, 0.25) is 0 Å². The Kier molecular flexibility index (Phi) is 3.91. The molecular formula is C13H21N3. The first-order chi connectivity index (χ1) is 7.79. The summed E-state index contributed by atoms with van der Waals surface area (Å²) in [7, 11) is 2.19. The van der Waals surface area contributed by atoms with E-state index in [-0.39, 0.29) is 0 Å². The molecule has 0 bridgehead atoms. The van der Waals surface area contributed by atoms with Crippen LogP contribution in [0.25, 0.3) is 0 Å². The van der Waals surface area contributed by atoms with Crippen LogP contribution in [-0.4, -0.2) is 29.5 Å². The average Bonchev–Trinajstić information content (AvgIpc) is 3.12. The van der Waals surface area contributed by atoms with Crippen molar-refractivity contribution in [2.45, 2.75) is 38.9 Å². The first kappa shape index (κ1) is 11.6. The normalized spacial score (nSPS) is 15.7. The molecule has 88 valence electrons. The van der Waals surface area contributed by atoms with Crippen molar-refractivity contribution in [3.8, 4) is 0 Å². The largest absolute Gasteiger partial charge is 0.313 e. The lowest BCUT2D eigenvalue weighted by atomic mass is 10.2. The molecule has 0 saturated heterocycles. The van der Waals surface area contributed by atoms with Gasteiger partial charge in [-0.05, 0) is 38.1 Å². The Balaban J connectivity index is 1.85. The molecule has 0 atom stereocenters. The van der Waals surface area contributed by atoms with Gasteiger partial charge in [0.25, 0.3) is 0 Å². The van der Waals surface area contributed by atoms with E-state index in [4.69, 9.17) is 0 Å². The fraction of sp³-hybridized carbons (Fsp3) is 0.615. The zero-order valence-electron chi connectivity index (χ0n) is 10.2. The molecule has 1 aliphatic carbocycles. The summed E-state index contributed by atoms with van der Waals surface area (Å²) in [5.41, 5.74) is 2.44. The van der Waals surface area contributed by atoms with Crippen molar-refractivity contribution in [1.29, 1.82) is 0 Å². The van der Waals surface area contributed by atoms with Crippen LogP contribution in [0.15, 0.2) is 18.3 Å². The molecule has 0 aliphatic heterocycles. The summed E-state index contributed by atoms with van der Waals surface area (Å²) in [6, 6.07) is 5.13. The molecule has 0 amide bonds. The van der Waals surface area contributed by atoms with Crippen LogP contribution in [0.4, 0.5) is 0 Å². The molecule has 0 unspecified atom stereocenters. The molecule has 3 heteroatoms. The third kappa shape index (κ3) is 3.29. The van der Waals surface area contributed by atoms with Gasteiger partial charge in [0.05, 0.1) is 5.69 Å². The second-order valence-corrected chi connectivity index (χ2v) is 4.58. The zero-order chi connectivity index (χ0) is 11.4. The molecule has 3 nitrogen and oxygen atoms in total. The molecule has 0 radical (unpaired) electrons. The van der Waals surface area contributed by atoms with Crippen LogP contribution in [-0.2, 0) is 13.1 Å². The van der Waals surface area contributed by atoms with Crippen molar-refractivity contribution < 1.29 is 0 Å². The molecule has 1 aliphatic rings. The highest BCUT2D eigenvalue weighted by molar-refractivity contribution is 5.14. The van der Waals surface area contributed by atoms with E-state index in [1.807, 2.05) is 6.20 Å². The van der Waals surface area contributed by atoms with Crippen LogP contribution in [0.5, 0.6) is 0 Å². The summed E-state index contributed by atoms with van der Waals surface area (Å²) in [5.74, 6) is 0. The summed E-state index contributed by atoms with van der Waals surface area (Å²) in [6.45, 7) is 5.02. The molecular weight excluding hydrogens is 198 g/mol. The van der Waals surface area contributed by atoms with Gasteiger partial charge in [-0.25, -0.2) is 0 Å². The van der Waals surface area contributed by atoms with E-state index in [1.54, 1.807) is 0 Å². The number of hydrogen-bond donors (Lipinski definition) is 1. The van der Waals surface area contributed by atoms with Crippen LogP contribution < -0.4 is 5.32 Å². The van der Waals surface area contributed by atoms with Gasteiger partial charge in [0.2, 0.25) is 0 Å². The summed E-state index contributed by atoms with van der Waals surface area (Å²) < 4.78 is 0. The third-order valence-electron chi connectivity index (χ3n) is 3.05. The monoisotopic (exact) mass is 219 g/mol. The van der Waals surface area contributed by atoms with Crippen LogP contribution in [0.3, 0.4) is 0 Å². The van der Waals surface area contributed by atoms with Gasteiger partial charge < -0.3 is 5.32 Å². The molecule has 1 saturated carbocycles. The van der Waals surface area contributed by atoms with E-state index in [0.717, 1.165) is 25.7 Å². The lowest BCUT2D eigenvalue weighted by Crippen LogP contribution is -2.20. The minimum Gasteiger partial charge on any atom is -0.313 e. The molecule has 0 aromatic carbocycles. The highest BCUT2D eigenvalue weighted by atomic mass is 15.2. The van der Waals surface area contributed by atoms with Gasteiger partial charge in [-0.1, -0.05) is 13.0 Å². The lowest BCUT2D eigenvalue weighted by molar-refractivity contribution is 0.312. The Morgan fingerprint density at radius 1 is 1.44 bits per heavy atom. The van der Waals surface area contributed by atoms with E-state index in [2.05, 4.69) is 41.3 Å². The second kappa shape index (κ2) is 5.41. The number of rotatable bonds is 6. The predicted molar refractivity (Wildman–Crippen MR) is 66.1 cm³/mol. The molecule has 0 spiro atoms. The number of nitrogens with one attached hydrogen (secondary N) is 1. The fourth-order valence-corrected chi connectivity index (χ4v) is 1.82. The van der Waals surface area contributed by atoms with Gasteiger partial charge in [-0.2, -0.15) is 0 Å². The van der Waals surface area contributed by atoms with Gasteiger partial charge in [0.15, 0.2) is 0 Å². The molecule has 1 aromatic rings. The summed E-state index contributed by atoms with van der Waals surface area (Å²) in [5, 5.41) is 3.30. The number of aromatic nitrogens is 1. The molecule has 2 rings (SSSR count). The van der Waals surface area contributed by atoms with Crippen molar-refractivity contribution in [2.24, 2.45) is 0 Å². The smallest absolute Gasteiger partial charge is 0.0544 e. The van der Waals surface area contributed by atoms with E-state index in [0.29, 0.717) is 0 Å². The van der Waals surface area contributed by atoms with E-state index in [9.17, 15) is 0 Å². The third-order valence-corrected chi connectivity index (χ3v) is 3.05. The quantitative estimate of drug-likeness (QED) is 0.790. The van der Waals surface area contributed by atoms with Gasteiger partial charge in [-0.15, -0.1) is 0 Å². The Morgan fingerprint density at radius 3 is 2.81 bits per heavy atom. The Bertz CT molecular complexity index is 316. The Hall–Kier alpha value is -0.930. The minimum atomic E-state index is 0.809. The number of pyridine rings is 1. The highest BCUT2D eigenvalue weighted by Gasteiger charge is 2.25. The van der Waals surface area contributed by atoms with Crippen molar-refractivity contribution in [3.05, 3.63) is 29.6 Å². The SMILES string of the molecule is CCNCc1ccc(CN(C)C2CC2)nc1. The first-order valence-corrected chi connectivity index (χ1v) is 6.14. The maximum absolute atomic E-state index is 4.50. The van der Waals surface area contributed by atoms with Gasteiger partial charge in [0.1, 0.15) is 0 Å². The lowest BCUT2D eigenvalue weighted by Gasteiger charge is -2.14. The summed E-state index contributed by atoms with van der Waals surface area (Å²) in [6.07, 6.45) is 4.70. The fourth-order valence-electron chi connectivity index (χ4n) is 1.82. The maximum atomic E-state index is 4.50. The number of nitrogens with zero attached hydrogens (tertiary/aromatic N) is 2. The van der Waals surface area contributed by atoms with E-state index < -0.39 is 0 Å². The summed E-state index contributed by atoms with van der Waals surface area (Å²) >= 11 is 0. The topological polar surface area (TPSA) is 28.2 Å². The van der Waals surface area contributed by atoms with Gasteiger partial charge in [-0.3, -0.25) is 9.88 Å². The first-order valence-electron chi connectivity index (χ1n) is 6.14. The Morgan fingerprint density at radius 2 is 2.25 bits per heavy atom. The number of hydrogen-bond acceptors (Lipinski definition) is 3. The summed E-state index contributed by atoms with van der Waals surface area (Å²) in [4.78, 5) is 6.90. The minimum absolute atomic E-state index is 0.809. The predicted octanol–water partition coefficient (Wildman–Crippen LogP) is 1.79. The average molecular weight is 219 g/mol. The molecule has 1 fully saturated rings. The second-order valence-electron chi connectivity index (χ2n) is 4.58. The van der Waals surface area contributed by atoms with E-state index >= 15 is 0 Å². The van der Waals surface area contributed by atoms with Crippen LogP contribution in [0.1, 0.15) is 31.0 Å². The molecule has 1 N–H and O–H groups in total. The van der Waals surface area contributed by atoms with E-state index in [1.165, 1.54) is 24.1 Å². The van der Waals surface area contributed by atoms with Crippen LogP contribution >= 0.6 is 0 Å². The van der Waals surface area contributed by atoms with Crippen molar-refractivity contribution in [1.82, 2.24) is 15.2 Å². The van der Waals surface area contributed by atoms with Crippen molar-refractivity contribution in [2.75, 3.05) is 13.6 Å². The zero-order valence-corrected chi connectivity index (χ0v) is 10.2. The molecule has 1 aromatic heterocycles. The Labute approximate surface area is 97.9 Å². The standard InChI is InChI=1S/C13H21N3/c1-3-14-8-11-4-5-12(15-9-11)10-16(2)13-6-7-13/h4-5,9,13-14H,3,6-8,10H2,1-2H3. The molecule has 16 heavy (non-hydrogen) atoms. The highest BCUT2D eigenvalue weighted by Crippen LogP contribution is 2.26. The molecule has 1 heterocycles.